The van der Waals surface area contributed by atoms with Crippen LogP contribution in [-0.2, 0) is 26.2 Å². The van der Waals surface area contributed by atoms with Gasteiger partial charge >= 0.3 is 279 Å². The van der Waals surface area contributed by atoms with Crippen molar-refractivity contribution in [1.82, 2.24) is 0 Å². The van der Waals surface area contributed by atoms with Crippen molar-refractivity contribution >= 4 is 57.3 Å². The minimum atomic E-state index is -3.93. The van der Waals surface area contributed by atoms with Gasteiger partial charge in [-0.2, -0.15) is 0 Å². The van der Waals surface area contributed by atoms with Gasteiger partial charge in [0, 0.05) is 0 Å². The fourth-order valence-corrected chi connectivity index (χ4v) is 12.0. The molecule has 10 heteroatoms. The summed E-state index contributed by atoms with van der Waals surface area (Å²) in [5.74, 6) is -1.24. The molecule has 0 saturated carbocycles. The fourth-order valence-electron chi connectivity index (χ4n) is 6.01. The van der Waals surface area contributed by atoms with Crippen LogP contribution in [0.1, 0.15) is 59.7 Å². The van der Waals surface area contributed by atoms with Crippen molar-refractivity contribution in [1.29, 1.82) is 0 Å². The van der Waals surface area contributed by atoms with Crippen LogP contribution in [0.2, 0.25) is 0 Å². The van der Waals surface area contributed by atoms with Crippen molar-refractivity contribution in [3.8, 4) is 5.75 Å². The summed E-state index contributed by atoms with van der Waals surface area (Å²) in [6.07, 6.45) is -0.120. The second-order valence-corrected chi connectivity index (χ2v) is 20.9. The molecule has 1 aliphatic rings. The van der Waals surface area contributed by atoms with Gasteiger partial charge in [0.05, 0.1) is 0 Å². The van der Waals surface area contributed by atoms with Crippen LogP contribution in [0.3, 0.4) is 0 Å². The summed E-state index contributed by atoms with van der Waals surface area (Å²) < 4.78 is 13.8. The second-order valence-electron chi connectivity index (χ2n) is 11.7. The SMILES string of the molecule is CCOC(=O)C(=O)Nc1ccc(OC(C)C)c([CH]=[Ru-4]([Cl])([Cl])=[C]2N(c3c(C)cc(C)cc3C)CCN2c2c(C)cc(C)cc2C)c1. The summed E-state index contributed by atoms with van der Waals surface area (Å²) in [6.45, 7) is 19.8. The topological polar surface area (TPSA) is 71.1 Å². The summed E-state index contributed by atoms with van der Waals surface area (Å²) in [5.41, 5.74) is 10.3. The molecule has 1 N–H and O–H groups in total. The van der Waals surface area contributed by atoms with Gasteiger partial charge in [-0.1, -0.05) is 0 Å². The molecule has 3 aromatic carbocycles. The Morgan fingerprint density at radius 1 is 0.867 bits per heavy atom. The normalized spacial score (nSPS) is 13.7. The zero-order chi connectivity index (χ0) is 33.2. The predicted molar refractivity (Wildman–Crippen MR) is 185 cm³/mol. The van der Waals surface area contributed by atoms with Crippen molar-refractivity contribution in [2.24, 2.45) is 0 Å². The van der Waals surface area contributed by atoms with Crippen LogP contribution in [0, 0.1) is 41.5 Å². The molecule has 3 aromatic rings. The standard InChI is InChI=1S/C21H26N2.C14H17NO4.2ClH.Ru/c1-14-9-16(3)20(17(4)10-14)22-7-8-23(13-22)21-18(5)11-15(2)12-19(21)6;1-5-18-14(17)13(16)15-11-6-7-12(10(4)8-11)19-9(2)3;;;/h9-12H,7-8H2,1-6H3;4,6-9H,5H2,1-3H3,(H,15,16);2*1H;/q;;;;-2/p-2. The Morgan fingerprint density at radius 2 is 1.36 bits per heavy atom. The molecule has 1 aliphatic heterocycles. The van der Waals surface area contributed by atoms with E-state index in [-0.39, 0.29) is 12.7 Å². The number of amides is 1. The Bertz CT molecular complexity index is 1650. The number of ether oxygens (including phenoxy) is 2. The van der Waals surface area contributed by atoms with Crippen molar-refractivity contribution in [2.45, 2.75) is 68.4 Å². The van der Waals surface area contributed by atoms with Crippen LogP contribution in [0.25, 0.3) is 0 Å². The van der Waals surface area contributed by atoms with Gasteiger partial charge in [-0.05, 0) is 0 Å². The third kappa shape index (κ3) is 7.85. The first-order chi connectivity index (χ1) is 21.1. The molecular formula is C35H43Cl2N3O4Ru-4. The first-order valence-corrected chi connectivity index (χ1v) is 21.3. The van der Waals surface area contributed by atoms with E-state index in [4.69, 9.17) is 28.9 Å². The van der Waals surface area contributed by atoms with Crippen molar-refractivity contribution in [3.63, 3.8) is 0 Å². The number of nitrogens with zero attached hydrogens (tertiary/aromatic N) is 2. The van der Waals surface area contributed by atoms with E-state index in [9.17, 15) is 9.59 Å². The molecule has 0 radical (unpaired) electrons. The van der Waals surface area contributed by atoms with E-state index in [1.807, 2.05) is 18.5 Å². The zero-order valence-corrected chi connectivity index (χ0v) is 30.7. The van der Waals surface area contributed by atoms with Crippen LogP contribution in [0.5, 0.6) is 5.75 Å². The molecule has 0 unspecified atom stereocenters. The molecule has 0 atom stereocenters. The van der Waals surface area contributed by atoms with Crippen molar-refractivity contribution in [2.75, 3.05) is 34.8 Å². The maximum absolute atomic E-state index is 12.5. The molecule has 0 aromatic heterocycles. The Labute approximate surface area is 277 Å². The van der Waals surface area contributed by atoms with Crippen LogP contribution in [0.15, 0.2) is 42.5 Å². The van der Waals surface area contributed by atoms with Gasteiger partial charge in [0.15, 0.2) is 0 Å². The molecule has 1 saturated heterocycles. The maximum atomic E-state index is 12.5. The van der Waals surface area contributed by atoms with E-state index in [0.717, 1.165) is 38.0 Å². The molecule has 0 bridgehead atoms. The summed E-state index contributed by atoms with van der Waals surface area (Å²) in [7, 11) is 15.3. The van der Waals surface area contributed by atoms with Gasteiger partial charge in [-0.3, -0.25) is 0 Å². The number of esters is 1. The van der Waals surface area contributed by atoms with Gasteiger partial charge in [0.1, 0.15) is 0 Å². The number of carbonyl (C=O) groups excluding carboxylic acids is 2. The first-order valence-electron chi connectivity index (χ1n) is 15.0. The van der Waals surface area contributed by atoms with Crippen LogP contribution in [0.4, 0.5) is 17.1 Å². The van der Waals surface area contributed by atoms with E-state index in [0.29, 0.717) is 30.1 Å². The Morgan fingerprint density at radius 3 is 1.80 bits per heavy atom. The van der Waals surface area contributed by atoms with Crippen molar-refractivity contribution in [3.05, 3.63) is 81.4 Å². The van der Waals surface area contributed by atoms with E-state index in [1.165, 1.54) is 11.1 Å². The van der Waals surface area contributed by atoms with E-state index in [2.05, 4.69) is 80.9 Å². The number of rotatable bonds is 7. The number of anilines is 3. The average Bonchev–Trinajstić information content (AvgIpc) is 3.33. The molecule has 1 fully saturated rings. The summed E-state index contributed by atoms with van der Waals surface area (Å²) in [6, 6.07) is 13.9. The third-order valence-electron chi connectivity index (χ3n) is 7.33. The molecule has 248 valence electrons. The molecule has 1 heterocycles. The van der Waals surface area contributed by atoms with E-state index >= 15 is 0 Å². The molecule has 45 heavy (non-hydrogen) atoms. The summed E-state index contributed by atoms with van der Waals surface area (Å²) >= 11 is -3.93. The van der Waals surface area contributed by atoms with Gasteiger partial charge in [-0.15, -0.1) is 0 Å². The first kappa shape index (κ1) is 34.8. The Balaban J connectivity index is 2.01. The number of hydrogen-bond donors (Lipinski definition) is 1. The van der Waals surface area contributed by atoms with Gasteiger partial charge < -0.3 is 0 Å². The van der Waals surface area contributed by atoms with Crippen LogP contribution < -0.4 is 19.9 Å². The Kier molecular flexibility index (Phi) is 10.9. The van der Waals surface area contributed by atoms with E-state index in [1.54, 1.807) is 25.1 Å². The molecule has 4 rings (SSSR count). The molecule has 0 aliphatic carbocycles. The van der Waals surface area contributed by atoms with Crippen molar-refractivity contribution < 1.29 is 31.0 Å². The number of hydrogen-bond acceptors (Lipinski definition) is 6. The van der Waals surface area contributed by atoms with Crippen LogP contribution >= 0.6 is 19.4 Å². The van der Waals surface area contributed by atoms with E-state index < -0.39 is 23.8 Å². The fraction of sp³-hybridized carbons (Fsp3) is 0.371. The number of aryl methyl sites for hydroxylation is 6. The van der Waals surface area contributed by atoms with Crippen LogP contribution in [-0.4, -0.2) is 46.6 Å². The molecule has 1 amide bonds. The molecular weight excluding hydrogens is 698 g/mol. The number of halogens is 2. The van der Waals surface area contributed by atoms with Gasteiger partial charge in [0.25, 0.3) is 0 Å². The number of carbonyl (C=O) groups is 2. The third-order valence-corrected chi connectivity index (χ3v) is 12.8. The summed E-state index contributed by atoms with van der Waals surface area (Å²) in [4.78, 5) is 29.1. The number of benzene rings is 3. The zero-order valence-electron chi connectivity index (χ0n) is 27.5. The number of nitrogens with one attached hydrogen (secondary N) is 1. The molecule has 7 nitrogen and oxygen atoms in total. The minimum absolute atomic E-state index is 0.103. The quantitative estimate of drug-likeness (QED) is 0.153. The average molecular weight is 742 g/mol. The monoisotopic (exact) mass is 741 g/mol. The summed E-state index contributed by atoms with van der Waals surface area (Å²) in [5, 5.41) is 2.63. The van der Waals surface area contributed by atoms with Gasteiger partial charge in [0.2, 0.25) is 0 Å². The molecule has 0 spiro atoms. The Hall–Kier alpha value is -3.06. The predicted octanol–water partition coefficient (Wildman–Crippen LogP) is 7.55. The van der Waals surface area contributed by atoms with Gasteiger partial charge in [-0.25, -0.2) is 0 Å². The second kappa shape index (κ2) is 14.2.